The summed E-state index contributed by atoms with van der Waals surface area (Å²) < 4.78 is 28.5. The Morgan fingerprint density at radius 3 is 2.50 bits per heavy atom. The highest BCUT2D eigenvalue weighted by Crippen LogP contribution is 2.25. The summed E-state index contributed by atoms with van der Waals surface area (Å²) in [5, 5.41) is 8.88. The number of sulfonamides is 1. The van der Waals surface area contributed by atoms with Gasteiger partial charge in [0.05, 0.1) is 11.0 Å². The Hall–Kier alpha value is -1.68. The Morgan fingerprint density at radius 2 is 1.88 bits per heavy atom. The standard InChI is InChI=1S/C18H19BrN2O2S/c1-2-16-13-17(19)9-10-18(16)24(22,23)21(12-6-11-20)14-15-7-4-3-5-8-15/h3-5,7-10,13H,2,6,12,14H2,1H3. The zero-order valence-corrected chi connectivity index (χ0v) is 15.8. The summed E-state index contributed by atoms with van der Waals surface area (Å²) in [6.45, 7) is 2.36. The quantitative estimate of drug-likeness (QED) is 0.694. The van der Waals surface area contributed by atoms with Crippen LogP contribution in [0.3, 0.4) is 0 Å². The smallest absolute Gasteiger partial charge is 0.207 e. The number of nitriles is 1. The first kappa shape index (κ1) is 18.7. The molecule has 2 rings (SSSR count). The topological polar surface area (TPSA) is 61.2 Å². The summed E-state index contributed by atoms with van der Waals surface area (Å²) in [5.41, 5.74) is 1.66. The van der Waals surface area contributed by atoms with Crippen LogP contribution in [-0.2, 0) is 23.0 Å². The number of rotatable bonds is 7. The molecule has 0 aromatic heterocycles. The van der Waals surface area contributed by atoms with Gasteiger partial charge >= 0.3 is 0 Å². The lowest BCUT2D eigenvalue weighted by Gasteiger charge is -2.23. The number of benzene rings is 2. The molecule has 0 amide bonds. The fourth-order valence-electron chi connectivity index (χ4n) is 2.46. The Labute approximate surface area is 151 Å². The van der Waals surface area contributed by atoms with Gasteiger partial charge in [0, 0.05) is 24.0 Å². The monoisotopic (exact) mass is 406 g/mol. The molecule has 0 bridgehead atoms. The maximum atomic E-state index is 13.1. The molecule has 0 unspecified atom stereocenters. The SMILES string of the molecule is CCc1cc(Br)ccc1S(=O)(=O)N(CCC#N)Cc1ccccc1. The first-order valence-electron chi connectivity index (χ1n) is 7.68. The third-order valence-corrected chi connectivity index (χ3v) is 6.13. The van der Waals surface area contributed by atoms with E-state index in [-0.39, 0.29) is 19.5 Å². The lowest BCUT2D eigenvalue weighted by atomic mass is 10.2. The first-order valence-corrected chi connectivity index (χ1v) is 9.91. The molecule has 0 N–H and O–H groups in total. The van der Waals surface area contributed by atoms with Crippen LogP contribution in [0.25, 0.3) is 0 Å². The van der Waals surface area contributed by atoms with Crippen molar-refractivity contribution in [3.63, 3.8) is 0 Å². The van der Waals surface area contributed by atoms with Crippen molar-refractivity contribution in [3.05, 3.63) is 64.1 Å². The number of aryl methyl sites for hydroxylation is 1. The van der Waals surface area contributed by atoms with Gasteiger partial charge in [-0.25, -0.2) is 8.42 Å². The highest BCUT2D eigenvalue weighted by atomic mass is 79.9. The predicted octanol–water partition coefficient (Wildman–Crippen LogP) is 4.12. The summed E-state index contributed by atoms with van der Waals surface area (Å²) in [5.74, 6) is 0. The van der Waals surface area contributed by atoms with Gasteiger partial charge in [-0.3, -0.25) is 0 Å². The molecule has 2 aromatic carbocycles. The molecule has 2 aromatic rings. The van der Waals surface area contributed by atoms with E-state index in [0.717, 1.165) is 15.6 Å². The van der Waals surface area contributed by atoms with Gasteiger partial charge in [-0.2, -0.15) is 9.57 Å². The minimum atomic E-state index is -3.67. The predicted molar refractivity (Wildman–Crippen MR) is 97.8 cm³/mol. The minimum Gasteiger partial charge on any atom is -0.207 e. The molecule has 0 aliphatic carbocycles. The number of nitrogens with zero attached hydrogens (tertiary/aromatic N) is 2. The van der Waals surface area contributed by atoms with Crippen LogP contribution < -0.4 is 0 Å². The second-order valence-corrected chi connectivity index (χ2v) is 8.16. The zero-order chi connectivity index (χ0) is 17.6. The molecule has 0 spiro atoms. The third kappa shape index (κ3) is 4.44. The van der Waals surface area contributed by atoms with Crippen LogP contribution in [-0.4, -0.2) is 19.3 Å². The summed E-state index contributed by atoms with van der Waals surface area (Å²) in [6.07, 6.45) is 0.773. The van der Waals surface area contributed by atoms with Crippen LogP contribution in [0.1, 0.15) is 24.5 Å². The van der Waals surface area contributed by atoms with E-state index in [2.05, 4.69) is 15.9 Å². The van der Waals surface area contributed by atoms with E-state index in [0.29, 0.717) is 11.3 Å². The summed E-state index contributed by atoms with van der Waals surface area (Å²) in [6, 6.07) is 16.6. The van der Waals surface area contributed by atoms with Crippen molar-refractivity contribution in [3.8, 4) is 6.07 Å². The van der Waals surface area contributed by atoms with E-state index < -0.39 is 10.0 Å². The Balaban J connectivity index is 2.42. The second-order valence-electron chi connectivity index (χ2n) is 5.34. The molecule has 0 aliphatic heterocycles. The molecule has 6 heteroatoms. The summed E-state index contributed by atoms with van der Waals surface area (Å²) in [7, 11) is -3.67. The highest BCUT2D eigenvalue weighted by Gasteiger charge is 2.26. The Morgan fingerprint density at radius 1 is 1.17 bits per heavy atom. The maximum absolute atomic E-state index is 13.1. The van der Waals surface area contributed by atoms with Crippen molar-refractivity contribution in [2.24, 2.45) is 0 Å². The molecule has 24 heavy (non-hydrogen) atoms. The van der Waals surface area contributed by atoms with Crippen molar-refractivity contribution < 1.29 is 8.42 Å². The van der Waals surface area contributed by atoms with E-state index >= 15 is 0 Å². The van der Waals surface area contributed by atoms with E-state index in [1.165, 1.54) is 4.31 Å². The van der Waals surface area contributed by atoms with Crippen molar-refractivity contribution in [1.29, 1.82) is 5.26 Å². The molecular formula is C18H19BrN2O2S. The lowest BCUT2D eigenvalue weighted by Crippen LogP contribution is -2.32. The molecule has 0 saturated carbocycles. The van der Waals surface area contributed by atoms with Crippen LogP contribution in [0.2, 0.25) is 0 Å². The average Bonchev–Trinajstić information content (AvgIpc) is 2.59. The van der Waals surface area contributed by atoms with Crippen LogP contribution in [0.5, 0.6) is 0 Å². The largest absolute Gasteiger partial charge is 0.243 e. The van der Waals surface area contributed by atoms with Crippen LogP contribution in [0, 0.1) is 11.3 Å². The van der Waals surface area contributed by atoms with Crippen molar-refractivity contribution in [1.82, 2.24) is 4.31 Å². The van der Waals surface area contributed by atoms with Crippen molar-refractivity contribution in [2.75, 3.05) is 6.54 Å². The molecule has 126 valence electrons. The number of hydrogen-bond donors (Lipinski definition) is 0. The fourth-order valence-corrected chi connectivity index (χ4v) is 4.57. The normalized spacial score (nSPS) is 11.4. The van der Waals surface area contributed by atoms with Crippen molar-refractivity contribution in [2.45, 2.75) is 31.2 Å². The average molecular weight is 407 g/mol. The van der Waals surface area contributed by atoms with Gasteiger partial charge < -0.3 is 0 Å². The molecular weight excluding hydrogens is 388 g/mol. The van der Waals surface area contributed by atoms with Crippen LogP contribution in [0.15, 0.2) is 57.9 Å². The van der Waals surface area contributed by atoms with Crippen LogP contribution >= 0.6 is 15.9 Å². The molecule has 0 fully saturated rings. The highest BCUT2D eigenvalue weighted by molar-refractivity contribution is 9.10. The molecule has 0 saturated heterocycles. The van der Waals surface area contributed by atoms with E-state index in [1.54, 1.807) is 12.1 Å². The minimum absolute atomic E-state index is 0.157. The molecule has 0 atom stereocenters. The molecule has 4 nitrogen and oxygen atoms in total. The Kier molecular flexibility index (Phi) is 6.55. The van der Waals surface area contributed by atoms with Gasteiger partial charge in [0.1, 0.15) is 0 Å². The third-order valence-electron chi connectivity index (χ3n) is 3.70. The van der Waals surface area contributed by atoms with Gasteiger partial charge in [0.15, 0.2) is 0 Å². The maximum Gasteiger partial charge on any atom is 0.243 e. The first-order chi connectivity index (χ1) is 11.5. The van der Waals surface area contributed by atoms with E-state index in [4.69, 9.17) is 5.26 Å². The van der Waals surface area contributed by atoms with Gasteiger partial charge in [-0.15, -0.1) is 0 Å². The molecule has 0 aliphatic rings. The zero-order valence-electron chi connectivity index (χ0n) is 13.4. The number of hydrogen-bond acceptors (Lipinski definition) is 3. The van der Waals surface area contributed by atoms with Gasteiger partial charge in [0.2, 0.25) is 10.0 Å². The van der Waals surface area contributed by atoms with Crippen LogP contribution in [0.4, 0.5) is 0 Å². The summed E-state index contributed by atoms with van der Waals surface area (Å²) in [4.78, 5) is 0.307. The van der Waals surface area contributed by atoms with Gasteiger partial charge in [-0.1, -0.05) is 53.2 Å². The number of halogens is 1. The Bertz CT molecular complexity index is 830. The summed E-state index contributed by atoms with van der Waals surface area (Å²) >= 11 is 3.39. The van der Waals surface area contributed by atoms with Gasteiger partial charge in [0.25, 0.3) is 0 Å². The molecule has 0 heterocycles. The van der Waals surface area contributed by atoms with Gasteiger partial charge in [-0.05, 0) is 35.7 Å². The lowest BCUT2D eigenvalue weighted by molar-refractivity contribution is 0.413. The van der Waals surface area contributed by atoms with E-state index in [9.17, 15) is 8.42 Å². The van der Waals surface area contributed by atoms with Crippen molar-refractivity contribution >= 4 is 26.0 Å². The molecule has 0 radical (unpaired) electrons. The fraction of sp³-hybridized carbons (Fsp3) is 0.278. The van der Waals surface area contributed by atoms with E-state index in [1.807, 2.05) is 49.4 Å². The second kappa shape index (κ2) is 8.43.